The molecule has 0 saturated heterocycles. The Morgan fingerprint density at radius 3 is 2.16 bits per heavy atom. The first kappa shape index (κ1) is 27.9. The Balaban J connectivity index is 1.95. The maximum Gasteiger partial charge on any atom is 0.340 e. The number of nitrogens with one attached hydrogen (secondary N) is 2. The first-order chi connectivity index (χ1) is 18.4. The van der Waals surface area contributed by atoms with E-state index in [-0.39, 0.29) is 18.9 Å². The molecule has 0 saturated carbocycles. The molecule has 1 unspecified atom stereocenters. The van der Waals surface area contributed by atoms with Crippen molar-refractivity contribution in [3.8, 4) is 0 Å². The summed E-state index contributed by atoms with van der Waals surface area (Å²) in [7, 11) is 0. The fraction of sp³-hybridized carbons (Fsp3) is 0.188. The Hall–Kier alpha value is -4.67. The number of esters is 1. The molecule has 0 heterocycles. The molecule has 0 aliphatic heterocycles. The van der Waals surface area contributed by atoms with Crippen molar-refractivity contribution in [3.05, 3.63) is 132 Å². The molecular formula is C32H34N3O3+. The summed E-state index contributed by atoms with van der Waals surface area (Å²) in [6.07, 6.45) is 4.95. The molecular weight excluding hydrogens is 474 g/mol. The lowest BCUT2D eigenvalue weighted by atomic mass is 9.85. The van der Waals surface area contributed by atoms with Gasteiger partial charge in [-0.2, -0.15) is 0 Å². The maximum absolute atomic E-state index is 13.1. The second-order valence-corrected chi connectivity index (χ2v) is 8.93. The van der Waals surface area contributed by atoms with Gasteiger partial charge in [-0.25, -0.2) is 4.79 Å². The second kappa shape index (κ2) is 14.2. The molecule has 0 aliphatic carbocycles. The highest BCUT2D eigenvalue weighted by Crippen LogP contribution is 2.33. The van der Waals surface area contributed by atoms with Gasteiger partial charge in [-0.3, -0.25) is 4.79 Å². The molecule has 0 spiro atoms. The van der Waals surface area contributed by atoms with Crippen molar-refractivity contribution in [3.63, 3.8) is 0 Å². The highest BCUT2D eigenvalue weighted by Gasteiger charge is 2.27. The predicted molar refractivity (Wildman–Crippen MR) is 153 cm³/mol. The molecule has 0 fully saturated rings. The van der Waals surface area contributed by atoms with Crippen LogP contribution in [0.2, 0.25) is 0 Å². The fourth-order valence-corrected chi connectivity index (χ4v) is 4.02. The Morgan fingerprint density at radius 2 is 1.55 bits per heavy atom. The van der Waals surface area contributed by atoms with E-state index in [2.05, 4.69) is 23.3 Å². The number of benzene rings is 3. The molecule has 3 aromatic carbocycles. The summed E-state index contributed by atoms with van der Waals surface area (Å²) in [6, 6.07) is 26.9. The van der Waals surface area contributed by atoms with Gasteiger partial charge in [0.15, 0.2) is 0 Å². The van der Waals surface area contributed by atoms with Crippen molar-refractivity contribution >= 4 is 23.3 Å². The van der Waals surface area contributed by atoms with Crippen LogP contribution in [-0.2, 0) is 14.3 Å². The largest absolute Gasteiger partial charge is 0.410 e. The van der Waals surface area contributed by atoms with Crippen LogP contribution in [-0.4, -0.2) is 18.5 Å². The lowest BCUT2D eigenvalue weighted by molar-refractivity contribution is -0.138. The van der Waals surface area contributed by atoms with Crippen molar-refractivity contribution in [2.45, 2.75) is 32.6 Å². The van der Waals surface area contributed by atoms with Gasteiger partial charge in [0.25, 0.3) is 6.08 Å². The second-order valence-electron chi connectivity index (χ2n) is 8.93. The van der Waals surface area contributed by atoms with Crippen molar-refractivity contribution in [2.75, 3.05) is 17.2 Å². The van der Waals surface area contributed by atoms with Crippen LogP contribution >= 0.6 is 0 Å². The Morgan fingerprint density at radius 1 is 0.947 bits per heavy atom. The standard InChI is InChI=1S/C32H33N3O3/c1-4-21-38-32(37)31(24(3)33)29(25-11-7-5-8-12-25)22-28(34-27-17-15-23(2)16-18-27)19-20-30(36)35-26-13-9-6-10-14-26/h5-19,29,34H,1,20-22H2,2-3H3,(H2-,33,35,36,37)/p+1/b28-19+. The number of hydrogen-bond acceptors (Lipinski definition) is 5. The minimum absolute atomic E-state index is 0.0406. The average molecular weight is 509 g/mol. The van der Waals surface area contributed by atoms with E-state index in [1.54, 1.807) is 6.92 Å². The van der Waals surface area contributed by atoms with Crippen LogP contribution < -0.4 is 16.4 Å². The highest BCUT2D eigenvalue weighted by atomic mass is 16.5. The van der Waals surface area contributed by atoms with E-state index in [1.165, 1.54) is 0 Å². The van der Waals surface area contributed by atoms with Crippen LogP contribution in [0.4, 0.5) is 11.4 Å². The third-order valence-corrected chi connectivity index (χ3v) is 5.87. The van der Waals surface area contributed by atoms with Gasteiger partial charge in [0, 0.05) is 35.1 Å². The number of aryl methyl sites for hydroxylation is 1. The van der Waals surface area contributed by atoms with E-state index in [0.29, 0.717) is 17.7 Å². The Kier molecular flexibility index (Phi) is 10.4. The maximum atomic E-state index is 13.1. The minimum Gasteiger partial charge on any atom is -0.410 e. The third kappa shape index (κ3) is 8.47. The van der Waals surface area contributed by atoms with Crippen molar-refractivity contribution in [1.29, 1.82) is 0 Å². The first-order valence-corrected chi connectivity index (χ1v) is 12.4. The van der Waals surface area contributed by atoms with Gasteiger partial charge in [-0.15, -0.1) is 0 Å². The average Bonchev–Trinajstić information content (AvgIpc) is 2.92. The van der Waals surface area contributed by atoms with Gasteiger partial charge in [0.2, 0.25) is 5.91 Å². The van der Waals surface area contributed by atoms with Gasteiger partial charge < -0.3 is 21.1 Å². The topological polar surface area (TPSA) is 93.5 Å². The number of ether oxygens (including phenoxy) is 1. The molecule has 1 amide bonds. The number of hydrogen-bond donors (Lipinski definition) is 3. The third-order valence-electron chi connectivity index (χ3n) is 5.87. The molecule has 194 valence electrons. The van der Waals surface area contributed by atoms with Gasteiger partial charge in [-0.1, -0.05) is 72.3 Å². The fourth-order valence-electron chi connectivity index (χ4n) is 4.02. The zero-order valence-electron chi connectivity index (χ0n) is 21.9. The van der Waals surface area contributed by atoms with Crippen LogP contribution in [0.15, 0.2) is 115 Å². The summed E-state index contributed by atoms with van der Waals surface area (Å²) < 4.78 is 5.34. The number of carbonyl (C=O) groups excluding carboxylic acids is 2. The Labute approximate surface area is 224 Å². The summed E-state index contributed by atoms with van der Waals surface area (Å²) in [5.41, 5.74) is 11.4. The molecule has 0 aromatic heterocycles. The molecule has 0 bridgehead atoms. The lowest BCUT2D eigenvalue weighted by Gasteiger charge is -2.23. The number of para-hydroxylation sites is 1. The van der Waals surface area contributed by atoms with Gasteiger partial charge in [-0.05, 0) is 50.1 Å². The minimum atomic E-state index is -0.522. The molecule has 1 atom stereocenters. The molecule has 4 N–H and O–H groups in total. The molecule has 38 heavy (non-hydrogen) atoms. The smallest absolute Gasteiger partial charge is 0.340 e. The number of allylic oxidation sites excluding steroid dienone is 2. The first-order valence-electron chi connectivity index (χ1n) is 12.4. The van der Waals surface area contributed by atoms with Crippen molar-refractivity contribution in [1.82, 2.24) is 0 Å². The quantitative estimate of drug-likeness (QED) is 0.153. The number of amides is 1. The lowest BCUT2D eigenvalue weighted by Crippen LogP contribution is -2.21. The number of nitrogens with two attached hydrogens (primary N) is 1. The number of anilines is 2. The molecule has 6 heteroatoms. The number of rotatable bonds is 12. The monoisotopic (exact) mass is 508 g/mol. The van der Waals surface area contributed by atoms with Gasteiger partial charge in [0.05, 0.1) is 5.57 Å². The van der Waals surface area contributed by atoms with Crippen LogP contribution in [0.3, 0.4) is 0 Å². The van der Waals surface area contributed by atoms with Crippen LogP contribution in [0.25, 0.3) is 0 Å². The van der Waals surface area contributed by atoms with Gasteiger partial charge in [0.1, 0.15) is 6.58 Å². The van der Waals surface area contributed by atoms with E-state index in [1.807, 2.05) is 97.9 Å². The summed E-state index contributed by atoms with van der Waals surface area (Å²) in [4.78, 5) is 25.8. The molecule has 0 radical (unpaired) electrons. The SMILES string of the molecule is C=[C+]COC(=O)/C(=C(\C)N)C(C/C(=C\CC(=O)Nc1ccccc1)Nc1ccc(C)cc1)c1ccccc1. The van der Waals surface area contributed by atoms with E-state index < -0.39 is 11.9 Å². The highest BCUT2D eigenvalue weighted by molar-refractivity contribution is 5.92. The number of carbonyl (C=O) groups is 2. The summed E-state index contributed by atoms with van der Waals surface area (Å²) in [5.74, 6) is -1.09. The van der Waals surface area contributed by atoms with Crippen molar-refractivity contribution < 1.29 is 14.3 Å². The van der Waals surface area contributed by atoms with E-state index in [4.69, 9.17) is 10.5 Å². The molecule has 6 nitrogen and oxygen atoms in total. The van der Waals surface area contributed by atoms with E-state index in [0.717, 1.165) is 28.2 Å². The summed E-state index contributed by atoms with van der Waals surface area (Å²) in [6.45, 7) is 7.17. The van der Waals surface area contributed by atoms with Crippen LogP contribution in [0.1, 0.15) is 36.8 Å². The Bertz CT molecular complexity index is 1280. The summed E-state index contributed by atoms with van der Waals surface area (Å²) >= 11 is 0. The molecule has 3 rings (SSSR count). The zero-order valence-corrected chi connectivity index (χ0v) is 21.9. The zero-order chi connectivity index (χ0) is 27.3. The summed E-state index contributed by atoms with van der Waals surface area (Å²) in [5, 5.41) is 6.35. The normalized spacial score (nSPS) is 12.5. The van der Waals surface area contributed by atoms with Crippen LogP contribution in [0.5, 0.6) is 0 Å². The van der Waals surface area contributed by atoms with Crippen molar-refractivity contribution in [2.24, 2.45) is 5.73 Å². The predicted octanol–water partition coefficient (Wildman–Crippen LogP) is 6.26. The van der Waals surface area contributed by atoms with Crippen LogP contribution in [0, 0.1) is 13.0 Å². The molecule has 3 aromatic rings. The van der Waals surface area contributed by atoms with E-state index >= 15 is 0 Å². The van der Waals surface area contributed by atoms with Gasteiger partial charge >= 0.3 is 12.6 Å². The molecule has 0 aliphatic rings. The van der Waals surface area contributed by atoms with E-state index in [9.17, 15) is 9.59 Å².